The van der Waals surface area contributed by atoms with Crippen LogP contribution in [0.5, 0.6) is 5.75 Å². The molecule has 1 amide bonds. The molecule has 2 N–H and O–H groups in total. The maximum atomic E-state index is 12.7. The first-order valence-corrected chi connectivity index (χ1v) is 9.13. The number of aromatic amines is 1. The summed E-state index contributed by atoms with van der Waals surface area (Å²) in [4.78, 5) is 39.4. The van der Waals surface area contributed by atoms with Crippen LogP contribution in [0.2, 0.25) is 0 Å². The van der Waals surface area contributed by atoms with Crippen molar-refractivity contribution in [3.63, 3.8) is 0 Å². The Morgan fingerprint density at radius 1 is 1.10 bits per heavy atom. The molecule has 0 aliphatic carbocycles. The number of para-hydroxylation sites is 2. The van der Waals surface area contributed by atoms with E-state index in [-0.39, 0.29) is 19.0 Å². The molecule has 148 valence electrons. The fraction of sp³-hybridized carbons (Fsp3) is 0.190. The van der Waals surface area contributed by atoms with Gasteiger partial charge in [0.1, 0.15) is 11.4 Å². The van der Waals surface area contributed by atoms with Gasteiger partial charge in [-0.2, -0.15) is 0 Å². The number of aryl methyl sites for hydroxylation is 1. The first-order chi connectivity index (χ1) is 14.0. The van der Waals surface area contributed by atoms with E-state index in [0.717, 1.165) is 16.7 Å². The Kier molecular flexibility index (Phi) is 4.67. The molecule has 2 heterocycles. The summed E-state index contributed by atoms with van der Waals surface area (Å²) in [7, 11) is 3.41. The van der Waals surface area contributed by atoms with E-state index in [1.165, 1.54) is 4.57 Å². The molecule has 0 bridgehead atoms. The normalized spacial score (nSPS) is 11.1. The molecule has 0 atom stereocenters. The average Bonchev–Trinajstić information content (AvgIpc) is 3.06. The second-order valence-electron chi connectivity index (χ2n) is 6.70. The van der Waals surface area contributed by atoms with Crippen molar-refractivity contribution in [1.82, 2.24) is 19.4 Å². The molecule has 0 saturated carbocycles. The number of nitrogens with one attached hydrogen (secondary N) is 2. The fourth-order valence-electron chi connectivity index (χ4n) is 3.49. The molecular formula is C21H20N4O4. The van der Waals surface area contributed by atoms with Gasteiger partial charge in [0.05, 0.1) is 18.1 Å². The van der Waals surface area contributed by atoms with Gasteiger partial charge in [0.15, 0.2) is 0 Å². The highest BCUT2D eigenvalue weighted by molar-refractivity contribution is 5.99. The molecular weight excluding hydrogens is 372 g/mol. The van der Waals surface area contributed by atoms with Crippen LogP contribution < -0.4 is 21.2 Å². The van der Waals surface area contributed by atoms with Crippen molar-refractivity contribution in [2.45, 2.75) is 6.54 Å². The third-order valence-corrected chi connectivity index (χ3v) is 4.99. The summed E-state index contributed by atoms with van der Waals surface area (Å²) in [5.74, 6) is 0.459. The van der Waals surface area contributed by atoms with Gasteiger partial charge in [-0.25, -0.2) is 0 Å². The minimum atomic E-state index is -0.683. The maximum Gasteiger partial charge on any atom is 0.316 e. The van der Waals surface area contributed by atoms with E-state index in [0.29, 0.717) is 16.7 Å². The number of hydrogen-bond acceptors (Lipinski definition) is 4. The van der Waals surface area contributed by atoms with Gasteiger partial charge in [-0.1, -0.05) is 12.1 Å². The zero-order valence-electron chi connectivity index (χ0n) is 16.1. The summed E-state index contributed by atoms with van der Waals surface area (Å²) in [6, 6.07) is 14.5. The standard InChI is InChI=1S/C21H20N4O4/c1-24-16-8-7-14(29-2)11-13(16)12-18(24)19(26)22-9-10-25-17-6-4-3-5-15(17)23-20(27)21(25)28/h3-8,11-12H,9-10H2,1-2H3,(H,22,26)(H,23,27). The number of amides is 1. The van der Waals surface area contributed by atoms with Gasteiger partial charge in [0, 0.05) is 31.0 Å². The molecule has 29 heavy (non-hydrogen) atoms. The highest BCUT2D eigenvalue weighted by atomic mass is 16.5. The van der Waals surface area contributed by atoms with Gasteiger partial charge in [-0.05, 0) is 36.4 Å². The molecule has 0 fully saturated rings. The van der Waals surface area contributed by atoms with Crippen LogP contribution in [0.3, 0.4) is 0 Å². The average molecular weight is 392 g/mol. The van der Waals surface area contributed by atoms with Crippen molar-refractivity contribution in [3.8, 4) is 5.75 Å². The molecule has 0 aliphatic rings. The van der Waals surface area contributed by atoms with Gasteiger partial charge in [-0.3, -0.25) is 14.4 Å². The number of aromatic nitrogens is 3. The Morgan fingerprint density at radius 3 is 2.69 bits per heavy atom. The number of nitrogens with zero attached hydrogens (tertiary/aromatic N) is 2. The Labute approximate surface area is 165 Å². The Balaban J connectivity index is 1.56. The number of H-pyrrole nitrogens is 1. The molecule has 0 unspecified atom stereocenters. The van der Waals surface area contributed by atoms with Crippen LogP contribution in [0.25, 0.3) is 21.9 Å². The van der Waals surface area contributed by atoms with E-state index < -0.39 is 11.1 Å². The number of carbonyl (C=O) groups is 1. The van der Waals surface area contributed by atoms with Crippen LogP contribution >= 0.6 is 0 Å². The van der Waals surface area contributed by atoms with Gasteiger partial charge in [0.25, 0.3) is 5.91 Å². The van der Waals surface area contributed by atoms with Crippen molar-refractivity contribution in [3.05, 3.63) is 74.9 Å². The predicted molar refractivity (Wildman–Crippen MR) is 111 cm³/mol. The largest absolute Gasteiger partial charge is 0.497 e. The van der Waals surface area contributed by atoms with Crippen molar-refractivity contribution in [2.75, 3.05) is 13.7 Å². The summed E-state index contributed by atoms with van der Waals surface area (Å²) in [6.07, 6.45) is 0. The number of fused-ring (bicyclic) bond motifs is 2. The minimum absolute atomic E-state index is 0.187. The summed E-state index contributed by atoms with van der Waals surface area (Å²) in [5.41, 5.74) is 1.27. The van der Waals surface area contributed by atoms with Crippen LogP contribution in [0.1, 0.15) is 10.5 Å². The topological polar surface area (TPSA) is 98.1 Å². The second-order valence-corrected chi connectivity index (χ2v) is 6.70. The van der Waals surface area contributed by atoms with E-state index in [1.807, 2.05) is 25.2 Å². The molecule has 2 aromatic carbocycles. The summed E-state index contributed by atoms with van der Waals surface area (Å²) in [5, 5.41) is 3.72. The Morgan fingerprint density at radius 2 is 1.90 bits per heavy atom. The first-order valence-electron chi connectivity index (χ1n) is 9.13. The lowest BCUT2D eigenvalue weighted by Gasteiger charge is -2.11. The quantitative estimate of drug-likeness (QED) is 0.504. The molecule has 0 aliphatic heterocycles. The molecule has 0 saturated heterocycles. The SMILES string of the molecule is COc1ccc2c(c1)cc(C(=O)NCCn1c(=O)c(=O)[nH]c3ccccc31)n2C. The molecule has 0 spiro atoms. The van der Waals surface area contributed by atoms with Gasteiger partial charge in [0.2, 0.25) is 0 Å². The fourth-order valence-corrected chi connectivity index (χ4v) is 3.49. The number of hydrogen-bond donors (Lipinski definition) is 2. The lowest BCUT2D eigenvalue weighted by Crippen LogP contribution is -2.39. The van der Waals surface area contributed by atoms with E-state index in [4.69, 9.17) is 4.74 Å². The smallest absolute Gasteiger partial charge is 0.316 e. The summed E-state index contributed by atoms with van der Waals surface area (Å²) >= 11 is 0. The van der Waals surface area contributed by atoms with Gasteiger partial charge < -0.3 is 24.2 Å². The number of ether oxygens (including phenoxy) is 1. The lowest BCUT2D eigenvalue weighted by atomic mass is 10.2. The second kappa shape index (κ2) is 7.31. The molecule has 4 aromatic rings. The Hall–Kier alpha value is -3.81. The number of carbonyl (C=O) groups excluding carboxylic acids is 1. The molecule has 8 heteroatoms. The Bertz CT molecular complexity index is 1350. The first kappa shape index (κ1) is 18.5. The zero-order chi connectivity index (χ0) is 20.5. The van der Waals surface area contributed by atoms with Crippen LogP contribution in [0.15, 0.2) is 58.1 Å². The van der Waals surface area contributed by atoms with Crippen molar-refractivity contribution in [2.24, 2.45) is 7.05 Å². The monoisotopic (exact) mass is 392 g/mol. The highest BCUT2D eigenvalue weighted by Gasteiger charge is 2.14. The zero-order valence-corrected chi connectivity index (χ0v) is 16.1. The number of rotatable bonds is 5. The molecule has 8 nitrogen and oxygen atoms in total. The van der Waals surface area contributed by atoms with Crippen LogP contribution in [-0.2, 0) is 13.6 Å². The minimum Gasteiger partial charge on any atom is -0.497 e. The lowest BCUT2D eigenvalue weighted by molar-refractivity contribution is 0.0944. The van der Waals surface area contributed by atoms with Crippen LogP contribution in [-0.4, -0.2) is 33.7 Å². The summed E-state index contributed by atoms with van der Waals surface area (Å²) < 4.78 is 8.41. The van der Waals surface area contributed by atoms with E-state index >= 15 is 0 Å². The van der Waals surface area contributed by atoms with E-state index in [1.54, 1.807) is 42.0 Å². The molecule has 2 aromatic heterocycles. The van der Waals surface area contributed by atoms with Crippen molar-refractivity contribution < 1.29 is 9.53 Å². The van der Waals surface area contributed by atoms with Gasteiger partial charge >= 0.3 is 11.1 Å². The van der Waals surface area contributed by atoms with Gasteiger partial charge in [-0.15, -0.1) is 0 Å². The van der Waals surface area contributed by atoms with Crippen molar-refractivity contribution in [1.29, 1.82) is 0 Å². The third-order valence-electron chi connectivity index (χ3n) is 4.99. The summed E-state index contributed by atoms with van der Waals surface area (Å²) in [6.45, 7) is 0.393. The molecule has 0 radical (unpaired) electrons. The predicted octanol–water partition coefficient (Wildman–Crippen LogP) is 1.62. The maximum absolute atomic E-state index is 12.7. The highest BCUT2D eigenvalue weighted by Crippen LogP contribution is 2.23. The number of methoxy groups -OCH3 is 1. The molecule has 4 rings (SSSR count). The number of benzene rings is 2. The third kappa shape index (κ3) is 3.29. The van der Waals surface area contributed by atoms with E-state index in [2.05, 4.69) is 10.3 Å². The van der Waals surface area contributed by atoms with E-state index in [9.17, 15) is 14.4 Å². The van der Waals surface area contributed by atoms with Crippen LogP contribution in [0, 0.1) is 0 Å². The van der Waals surface area contributed by atoms with Crippen LogP contribution in [0.4, 0.5) is 0 Å². The van der Waals surface area contributed by atoms with Crippen molar-refractivity contribution >= 4 is 27.8 Å².